The summed E-state index contributed by atoms with van der Waals surface area (Å²) in [5, 5.41) is 6.82. The number of hydrogen-bond donors (Lipinski definition) is 3. The molecule has 0 radical (unpaired) electrons. The Kier molecular flexibility index (Phi) is 4.05. The number of guanidine groups is 1. The first kappa shape index (κ1) is 11.9. The first-order chi connectivity index (χ1) is 6.75. The van der Waals surface area contributed by atoms with E-state index in [1.54, 1.807) is 18.2 Å². The fourth-order valence-electron chi connectivity index (χ4n) is 1.25. The van der Waals surface area contributed by atoms with Crippen LogP contribution in [0.2, 0.25) is 5.02 Å². The molecule has 2 rings (SSSR count). The third kappa shape index (κ3) is 2.91. The zero-order valence-electron chi connectivity index (χ0n) is 7.96. The lowest BCUT2D eigenvalue weighted by Crippen LogP contribution is -2.26. The summed E-state index contributed by atoms with van der Waals surface area (Å²) in [6.07, 6.45) is 0. The second-order valence-corrected chi connectivity index (χ2v) is 3.45. The Morgan fingerprint density at radius 2 is 2.27 bits per heavy atom. The monoisotopic (exact) mass is 246 g/mol. The SMILES string of the molecule is Cl.Nc1ccc(Cl)cc1NC1=NCCN1. The summed E-state index contributed by atoms with van der Waals surface area (Å²) < 4.78 is 0. The molecule has 6 heteroatoms. The molecule has 0 spiro atoms. The van der Waals surface area contributed by atoms with E-state index in [1.165, 1.54) is 0 Å². The Labute approximate surface area is 99.3 Å². The molecule has 1 heterocycles. The average Bonchev–Trinajstić information content (AvgIpc) is 2.64. The highest BCUT2D eigenvalue weighted by Crippen LogP contribution is 2.22. The maximum Gasteiger partial charge on any atom is 0.195 e. The maximum atomic E-state index is 5.85. The number of nitrogen functional groups attached to an aromatic ring is 1. The fourth-order valence-corrected chi connectivity index (χ4v) is 1.42. The van der Waals surface area contributed by atoms with Crippen molar-refractivity contribution in [2.75, 3.05) is 24.1 Å². The number of benzene rings is 1. The first-order valence-electron chi connectivity index (χ1n) is 4.36. The van der Waals surface area contributed by atoms with Crippen LogP contribution < -0.4 is 16.4 Å². The standard InChI is InChI=1S/C9H11ClN4.ClH/c10-6-1-2-7(11)8(5-6)14-9-12-3-4-13-9;/h1-2,5H,3-4,11H2,(H2,12,13,14);1H. The molecule has 4 N–H and O–H groups in total. The van der Waals surface area contributed by atoms with E-state index in [4.69, 9.17) is 17.3 Å². The van der Waals surface area contributed by atoms with Gasteiger partial charge in [0, 0.05) is 11.6 Å². The van der Waals surface area contributed by atoms with E-state index in [9.17, 15) is 0 Å². The van der Waals surface area contributed by atoms with Gasteiger partial charge >= 0.3 is 0 Å². The maximum absolute atomic E-state index is 5.85. The minimum absolute atomic E-state index is 0. The van der Waals surface area contributed by atoms with Crippen LogP contribution in [0.3, 0.4) is 0 Å². The van der Waals surface area contributed by atoms with Crippen LogP contribution in [0.15, 0.2) is 23.2 Å². The predicted molar refractivity (Wildman–Crippen MR) is 67.0 cm³/mol. The van der Waals surface area contributed by atoms with Gasteiger partial charge in [-0.3, -0.25) is 4.99 Å². The van der Waals surface area contributed by atoms with Gasteiger partial charge in [0.25, 0.3) is 0 Å². The smallest absolute Gasteiger partial charge is 0.195 e. The van der Waals surface area contributed by atoms with Gasteiger partial charge in [0.15, 0.2) is 5.96 Å². The zero-order chi connectivity index (χ0) is 9.97. The number of anilines is 2. The summed E-state index contributed by atoms with van der Waals surface area (Å²) in [5.41, 5.74) is 7.20. The molecule has 0 amide bonds. The van der Waals surface area contributed by atoms with Crippen molar-refractivity contribution in [1.29, 1.82) is 0 Å². The van der Waals surface area contributed by atoms with Gasteiger partial charge in [-0.2, -0.15) is 0 Å². The van der Waals surface area contributed by atoms with Crippen LogP contribution in [-0.2, 0) is 0 Å². The van der Waals surface area contributed by atoms with Gasteiger partial charge in [0.1, 0.15) is 0 Å². The highest BCUT2D eigenvalue weighted by atomic mass is 35.5. The Balaban J connectivity index is 0.00000112. The van der Waals surface area contributed by atoms with Crippen molar-refractivity contribution in [3.05, 3.63) is 23.2 Å². The summed E-state index contributed by atoms with van der Waals surface area (Å²) in [5.74, 6) is 0.749. The van der Waals surface area contributed by atoms with Gasteiger partial charge in [-0.25, -0.2) is 0 Å². The number of nitrogens with one attached hydrogen (secondary N) is 2. The molecule has 0 aromatic heterocycles. The van der Waals surface area contributed by atoms with Crippen LogP contribution in [0.25, 0.3) is 0 Å². The summed E-state index contributed by atoms with van der Waals surface area (Å²) in [6, 6.07) is 5.30. The fraction of sp³-hybridized carbons (Fsp3) is 0.222. The lowest BCUT2D eigenvalue weighted by atomic mass is 10.3. The van der Waals surface area contributed by atoms with Gasteiger partial charge in [-0.05, 0) is 18.2 Å². The van der Waals surface area contributed by atoms with Crippen LogP contribution in [0.4, 0.5) is 11.4 Å². The van der Waals surface area contributed by atoms with Crippen molar-refractivity contribution in [3.8, 4) is 0 Å². The van der Waals surface area contributed by atoms with Crippen molar-refractivity contribution in [2.45, 2.75) is 0 Å². The molecule has 0 unspecified atom stereocenters. The van der Waals surface area contributed by atoms with E-state index in [0.717, 1.165) is 24.7 Å². The molecule has 82 valence electrons. The second kappa shape index (κ2) is 5.09. The van der Waals surface area contributed by atoms with Crippen LogP contribution >= 0.6 is 24.0 Å². The minimum Gasteiger partial charge on any atom is -0.397 e. The van der Waals surface area contributed by atoms with E-state index >= 15 is 0 Å². The number of hydrogen-bond acceptors (Lipinski definition) is 4. The Bertz CT molecular complexity index is 378. The molecule has 0 aliphatic carbocycles. The molecule has 0 saturated heterocycles. The van der Waals surface area contributed by atoms with E-state index < -0.39 is 0 Å². The van der Waals surface area contributed by atoms with Gasteiger partial charge in [0.05, 0.1) is 17.9 Å². The van der Waals surface area contributed by atoms with Crippen LogP contribution in [0.5, 0.6) is 0 Å². The number of rotatable bonds is 1. The first-order valence-corrected chi connectivity index (χ1v) is 4.74. The molecule has 0 fully saturated rings. The van der Waals surface area contributed by atoms with Crippen LogP contribution in [-0.4, -0.2) is 19.0 Å². The van der Waals surface area contributed by atoms with Gasteiger partial charge < -0.3 is 16.4 Å². The highest BCUT2D eigenvalue weighted by Gasteiger charge is 2.06. The van der Waals surface area contributed by atoms with Gasteiger partial charge in [-0.15, -0.1) is 12.4 Å². The van der Waals surface area contributed by atoms with Crippen molar-refractivity contribution >= 4 is 41.3 Å². The Morgan fingerprint density at radius 1 is 1.47 bits per heavy atom. The third-order valence-electron chi connectivity index (χ3n) is 1.94. The lowest BCUT2D eigenvalue weighted by molar-refractivity contribution is 0.959. The molecular formula is C9H12Cl2N4. The molecule has 4 nitrogen and oxygen atoms in total. The lowest BCUT2D eigenvalue weighted by Gasteiger charge is -2.09. The summed E-state index contributed by atoms with van der Waals surface area (Å²) in [4.78, 5) is 4.20. The molecule has 0 bridgehead atoms. The normalized spacial score (nSPS) is 13.8. The Morgan fingerprint density at radius 3 is 2.93 bits per heavy atom. The zero-order valence-corrected chi connectivity index (χ0v) is 9.53. The molecule has 1 aromatic rings. The highest BCUT2D eigenvalue weighted by molar-refractivity contribution is 6.31. The molecular weight excluding hydrogens is 235 g/mol. The number of halogens is 2. The second-order valence-electron chi connectivity index (χ2n) is 3.01. The summed E-state index contributed by atoms with van der Waals surface area (Å²) in [6.45, 7) is 1.66. The molecule has 1 aliphatic heterocycles. The van der Waals surface area contributed by atoms with Crippen LogP contribution in [0.1, 0.15) is 0 Å². The minimum atomic E-state index is 0. The summed E-state index contributed by atoms with van der Waals surface area (Å²) in [7, 11) is 0. The van der Waals surface area contributed by atoms with Crippen LogP contribution in [0, 0.1) is 0 Å². The predicted octanol–water partition coefficient (Wildman–Crippen LogP) is 1.72. The average molecular weight is 247 g/mol. The largest absolute Gasteiger partial charge is 0.397 e. The molecule has 1 aromatic carbocycles. The van der Waals surface area contributed by atoms with Crippen molar-refractivity contribution in [1.82, 2.24) is 5.32 Å². The Hall–Kier alpha value is -1.13. The van der Waals surface area contributed by atoms with E-state index in [2.05, 4.69) is 15.6 Å². The molecule has 0 saturated carbocycles. The molecule has 0 atom stereocenters. The molecule has 15 heavy (non-hydrogen) atoms. The number of nitrogens with zero attached hydrogens (tertiary/aromatic N) is 1. The molecule has 1 aliphatic rings. The topological polar surface area (TPSA) is 62.4 Å². The van der Waals surface area contributed by atoms with Gasteiger partial charge in [0.2, 0.25) is 0 Å². The third-order valence-corrected chi connectivity index (χ3v) is 2.18. The number of aliphatic imine (C=N–C) groups is 1. The van der Waals surface area contributed by atoms with E-state index in [-0.39, 0.29) is 12.4 Å². The van der Waals surface area contributed by atoms with E-state index in [0.29, 0.717) is 10.7 Å². The quantitative estimate of drug-likeness (QED) is 0.662. The van der Waals surface area contributed by atoms with Crippen molar-refractivity contribution in [3.63, 3.8) is 0 Å². The van der Waals surface area contributed by atoms with Gasteiger partial charge in [-0.1, -0.05) is 11.6 Å². The van der Waals surface area contributed by atoms with Crippen molar-refractivity contribution in [2.24, 2.45) is 4.99 Å². The van der Waals surface area contributed by atoms with E-state index in [1.807, 2.05) is 0 Å². The number of nitrogens with two attached hydrogens (primary N) is 1. The van der Waals surface area contributed by atoms with Crippen molar-refractivity contribution < 1.29 is 0 Å². The summed E-state index contributed by atoms with van der Waals surface area (Å²) >= 11 is 5.85.